The summed E-state index contributed by atoms with van der Waals surface area (Å²) in [6.07, 6.45) is 2.16. The smallest absolute Gasteiger partial charge is 0.256 e. The third-order valence-corrected chi connectivity index (χ3v) is 7.16. The summed E-state index contributed by atoms with van der Waals surface area (Å²) in [6, 6.07) is 4.99. The summed E-state index contributed by atoms with van der Waals surface area (Å²) in [6.45, 7) is 14.9. The Kier molecular flexibility index (Phi) is 7.66. The molecule has 0 aromatic heterocycles. The first-order valence-corrected chi connectivity index (χ1v) is 11.5. The molecule has 6 nitrogen and oxygen atoms in total. The lowest BCUT2D eigenvalue weighted by atomic mass is 10.1. The number of hydrogen-bond acceptors (Lipinski definition) is 4. The van der Waals surface area contributed by atoms with E-state index in [0.29, 0.717) is 31.7 Å². The van der Waals surface area contributed by atoms with Gasteiger partial charge in [-0.05, 0) is 44.9 Å². The molecule has 156 valence electrons. The fourth-order valence-corrected chi connectivity index (χ4v) is 5.10. The Labute approximate surface area is 169 Å². The van der Waals surface area contributed by atoms with E-state index in [1.807, 2.05) is 27.7 Å². The highest BCUT2D eigenvalue weighted by Crippen LogP contribution is 2.29. The van der Waals surface area contributed by atoms with Gasteiger partial charge in [-0.15, -0.1) is 0 Å². The fourth-order valence-electron chi connectivity index (χ4n) is 3.62. The lowest BCUT2D eigenvalue weighted by Gasteiger charge is -2.27. The van der Waals surface area contributed by atoms with Gasteiger partial charge in [0.25, 0.3) is 5.91 Å². The number of likely N-dealkylation sites (N-methyl/N-ethyl adjacent to an activating group) is 1. The van der Waals surface area contributed by atoms with Crippen molar-refractivity contribution in [1.82, 2.24) is 9.21 Å². The van der Waals surface area contributed by atoms with E-state index in [0.717, 1.165) is 37.2 Å². The Morgan fingerprint density at radius 2 is 1.71 bits per heavy atom. The zero-order valence-corrected chi connectivity index (χ0v) is 18.4. The molecule has 1 aliphatic rings. The van der Waals surface area contributed by atoms with E-state index >= 15 is 0 Å². The van der Waals surface area contributed by atoms with Gasteiger partial charge in [0.1, 0.15) is 0 Å². The van der Waals surface area contributed by atoms with E-state index < -0.39 is 10.0 Å². The minimum Gasteiger partial charge on any atom is -0.371 e. The number of carbonyl (C=O) groups excluding carboxylic acids is 1. The van der Waals surface area contributed by atoms with Crippen molar-refractivity contribution in [3.63, 3.8) is 0 Å². The third-order valence-electron chi connectivity index (χ3n) is 5.12. The van der Waals surface area contributed by atoms with Gasteiger partial charge in [-0.1, -0.05) is 26.0 Å². The summed E-state index contributed by atoms with van der Waals surface area (Å²) in [7, 11) is -3.63. The van der Waals surface area contributed by atoms with Gasteiger partial charge in [-0.2, -0.15) is 4.31 Å². The zero-order chi connectivity index (χ0) is 20.9. The van der Waals surface area contributed by atoms with Crippen LogP contribution in [0, 0.1) is 0 Å². The molecule has 2 rings (SSSR count). The summed E-state index contributed by atoms with van der Waals surface area (Å²) in [5.41, 5.74) is 2.17. The lowest BCUT2D eigenvalue weighted by molar-refractivity contribution is 0.0778. The highest BCUT2D eigenvalue weighted by atomic mass is 32.2. The molecule has 1 aromatic carbocycles. The predicted octanol–water partition coefficient (Wildman–Crippen LogP) is 3.36. The van der Waals surface area contributed by atoms with Crippen LogP contribution in [0.1, 0.15) is 50.9 Å². The van der Waals surface area contributed by atoms with Crippen LogP contribution >= 0.6 is 0 Å². The Hall–Kier alpha value is -1.86. The monoisotopic (exact) mass is 407 g/mol. The molecule has 1 aromatic rings. The normalized spacial score (nSPS) is 14.5. The standard InChI is InChI=1S/C21H33N3O3S/c1-6-22(16-17(4)5)21(25)19-15-18(28(26,27)24(7-2)8-3)11-12-20(19)23-13-9-10-14-23/h11-12,15H,4,6-10,13-14,16H2,1-3,5H3. The minimum absolute atomic E-state index is 0.149. The quantitative estimate of drug-likeness (QED) is 0.589. The van der Waals surface area contributed by atoms with Gasteiger partial charge >= 0.3 is 0 Å². The molecular weight excluding hydrogens is 374 g/mol. The van der Waals surface area contributed by atoms with Crippen molar-refractivity contribution in [3.05, 3.63) is 35.9 Å². The van der Waals surface area contributed by atoms with E-state index in [9.17, 15) is 13.2 Å². The maximum Gasteiger partial charge on any atom is 0.256 e. The maximum absolute atomic E-state index is 13.3. The average molecular weight is 408 g/mol. The van der Waals surface area contributed by atoms with Crippen LogP contribution in [0.25, 0.3) is 0 Å². The zero-order valence-electron chi connectivity index (χ0n) is 17.6. The summed E-state index contributed by atoms with van der Waals surface area (Å²) in [4.78, 5) is 17.4. The van der Waals surface area contributed by atoms with E-state index in [2.05, 4.69) is 11.5 Å². The SMILES string of the molecule is C=C(C)CN(CC)C(=O)c1cc(S(=O)(=O)N(CC)CC)ccc1N1CCCC1. The van der Waals surface area contributed by atoms with Crippen LogP contribution in [0.4, 0.5) is 5.69 Å². The largest absolute Gasteiger partial charge is 0.371 e. The van der Waals surface area contributed by atoms with Crippen molar-refractivity contribution in [2.24, 2.45) is 0 Å². The van der Waals surface area contributed by atoms with Crippen molar-refractivity contribution < 1.29 is 13.2 Å². The number of sulfonamides is 1. The fraction of sp³-hybridized carbons (Fsp3) is 0.571. The highest BCUT2D eigenvalue weighted by molar-refractivity contribution is 7.89. The predicted molar refractivity (Wildman–Crippen MR) is 114 cm³/mol. The molecule has 1 amide bonds. The molecule has 0 N–H and O–H groups in total. The second-order valence-electron chi connectivity index (χ2n) is 7.24. The number of amides is 1. The van der Waals surface area contributed by atoms with E-state index in [1.54, 1.807) is 23.1 Å². The Morgan fingerprint density at radius 3 is 2.21 bits per heavy atom. The number of nitrogens with zero attached hydrogens (tertiary/aromatic N) is 3. The first-order valence-electron chi connectivity index (χ1n) is 10.1. The van der Waals surface area contributed by atoms with Gasteiger partial charge in [-0.3, -0.25) is 4.79 Å². The van der Waals surface area contributed by atoms with Crippen molar-refractivity contribution in [3.8, 4) is 0 Å². The molecule has 0 radical (unpaired) electrons. The summed E-state index contributed by atoms with van der Waals surface area (Å²) in [5, 5.41) is 0. The van der Waals surface area contributed by atoms with Crippen LogP contribution in [-0.2, 0) is 10.0 Å². The van der Waals surface area contributed by atoms with Gasteiger partial charge in [0.05, 0.1) is 10.5 Å². The Bertz CT molecular complexity index is 810. The first kappa shape index (κ1) is 22.4. The van der Waals surface area contributed by atoms with Gasteiger partial charge < -0.3 is 9.80 Å². The lowest BCUT2D eigenvalue weighted by Crippen LogP contribution is -2.34. The highest BCUT2D eigenvalue weighted by Gasteiger charge is 2.27. The molecule has 0 atom stereocenters. The van der Waals surface area contributed by atoms with Crippen LogP contribution in [0.3, 0.4) is 0 Å². The van der Waals surface area contributed by atoms with Crippen LogP contribution in [-0.4, -0.2) is 62.8 Å². The van der Waals surface area contributed by atoms with Gasteiger partial charge in [0.15, 0.2) is 0 Å². The number of anilines is 1. The molecule has 28 heavy (non-hydrogen) atoms. The second kappa shape index (κ2) is 9.56. The topological polar surface area (TPSA) is 60.9 Å². The van der Waals surface area contributed by atoms with Gasteiger partial charge in [0.2, 0.25) is 10.0 Å². The maximum atomic E-state index is 13.3. The summed E-state index contributed by atoms with van der Waals surface area (Å²) >= 11 is 0. The van der Waals surface area contributed by atoms with E-state index in [-0.39, 0.29) is 10.8 Å². The molecule has 1 saturated heterocycles. The van der Waals surface area contributed by atoms with Crippen LogP contribution in [0.15, 0.2) is 35.2 Å². The Morgan fingerprint density at radius 1 is 1.11 bits per heavy atom. The van der Waals surface area contributed by atoms with Crippen LogP contribution in [0.2, 0.25) is 0 Å². The number of benzene rings is 1. The van der Waals surface area contributed by atoms with Crippen molar-refractivity contribution in [1.29, 1.82) is 0 Å². The molecule has 0 bridgehead atoms. The molecule has 1 fully saturated rings. The van der Waals surface area contributed by atoms with E-state index in [1.165, 1.54) is 4.31 Å². The molecule has 0 spiro atoms. The molecule has 0 aliphatic carbocycles. The molecule has 1 aliphatic heterocycles. The van der Waals surface area contributed by atoms with Crippen LogP contribution < -0.4 is 4.90 Å². The average Bonchev–Trinajstić information content (AvgIpc) is 3.20. The number of rotatable bonds is 9. The first-order chi connectivity index (χ1) is 13.3. The molecule has 1 heterocycles. The Balaban J connectivity index is 2.55. The van der Waals surface area contributed by atoms with Crippen molar-refractivity contribution in [2.75, 3.05) is 44.2 Å². The molecule has 7 heteroatoms. The third kappa shape index (κ3) is 4.75. The number of carbonyl (C=O) groups is 1. The second-order valence-corrected chi connectivity index (χ2v) is 9.18. The van der Waals surface area contributed by atoms with E-state index in [4.69, 9.17) is 0 Å². The molecule has 0 unspecified atom stereocenters. The summed E-state index contributed by atoms with van der Waals surface area (Å²) < 4.78 is 27.4. The minimum atomic E-state index is -3.63. The number of hydrogen-bond donors (Lipinski definition) is 0. The van der Waals surface area contributed by atoms with Crippen molar-refractivity contribution in [2.45, 2.75) is 45.4 Å². The van der Waals surface area contributed by atoms with Gasteiger partial charge in [-0.25, -0.2) is 8.42 Å². The molecular formula is C21H33N3O3S. The molecule has 0 saturated carbocycles. The van der Waals surface area contributed by atoms with Gasteiger partial charge in [0, 0.05) is 45.0 Å². The van der Waals surface area contributed by atoms with Crippen molar-refractivity contribution >= 4 is 21.6 Å². The van der Waals surface area contributed by atoms with Crippen LogP contribution in [0.5, 0.6) is 0 Å². The summed E-state index contributed by atoms with van der Waals surface area (Å²) in [5.74, 6) is -0.149.